The average molecular weight is 235 g/mol. The Morgan fingerprint density at radius 2 is 2.00 bits per heavy atom. The molecule has 0 aromatic heterocycles. The zero-order valence-corrected chi connectivity index (χ0v) is 10.8. The number of hydrogen-bond donors (Lipinski definition) is 2. The summed E-state index contributed by atoms with van der Waals surface area (Å²) in [6.07, 6.45) is 0. The number of nitrogens with zero attached hydrogens (tertiary/aromatic N) is 1. The number of carbonyl (C=O) groups excluding carboxylic acids is 1. The number of amides is 1. The van der Waals surface area contributed by atoms with Crippen LogP contribution < -0.4 is 16.0 Å². The second kappa shape index (κ2) is 6.25. The smallest absolute Gasteiger partial charge is 0.238 e. The Kier molecular flexibility index (Phi) is 4.97. The lowest BCUT2D eigenvalue weighted by atomic mass is 10.1. The van der Waals surface area contributed by atoms with E-state index in [-0.39, 0.29) is 12.5 Å². The first-order chi connectivity index (χ1) is 8.12. The van der Waals surface area contributed by atoms with Crippen molar-refractivity contribution in [1.82, 2.24) is 0 Å². The van der Waals surface area contributed by atoms with E-state index in [9.17, 15) is 4.79 Å². The molecular formula is C13H21N3O. The van der Waals surface area contributed by atoms with Crippen LogP contribution in [0.1, 0.15) is 19.4 Å². The van der Waals surface area contributed by atoms with Crippen LogP contribution in [-0.2, 0) is 4.79 Å². The lowest BCUT2D eigenvalue weighted by Crippen LogP contribution is -2.23. The van der Waals surface area contributed by atoms with Gasteiger partial charge in [-0.25, -0.2) is 0 Å². The third-order valence-corrected chi connectivity index (χ3v) is 2.80. The van der Waals surface area contributed by atoms with Crippen LogP contribution in [0.2, 0.25) is 0 Å². The Morgan fingerprint density at radius 1 is 1.35 bits per heavy atom. The molecule has 0 radical (unpaired) electrons. The van der Waals surface area contributed by atoms with Crippen molar-refractivity contribution in [3.05, 3.63) is 23.8 Å². The van der Waals surface area contributed by atoms with Crippen LogP contribution in [0.25, 0.3) is 0 Å². The summed E-state index contributed by atoms with van der Waals surface area (Å²) < 4.78 is 0. The Balaban J connectivity index is 2.89. The van der Waals surface area contributed by atoms with E-state index >= 15 is 0 Å². The molecule has 1 aromatic carbocycles. The Labute approximate surface area is 103 Å². The van der Waals surface area contributed by atoms with Crippen molar-refractivity contribution >= 4 is 17.3 Å². The Hall–Kier alpha value is -1.55. The van der Waals surface area contributed by atoms with Crippen LogP contribution in [0.4, 0.5) is 11.4 Å². The van der Waals surface area contributed by atoms with Crippen LogP contribution in [0, 0.1) is 6.92 Å². The van der Waals surface area contributed by atoms with Gasteiger partial charge in [0.15, 0.2) is 0 Å². The summed E-state index contributed by atoms with van der Waals surface area (Å²) in [7, 11) is 0. The van der Waals surface area contributed by atoms with E-state index in [0.717, 1.165) is 24.3 Å². The molecular weight excluding hydrogens is 214 g/mol. The van der Waals surface area contributed by atoms with Gasteiger partial charge in [-0.05, 0) is 44.5 Å². The minimum absolute atomic E-state index is 0.0111. The molecule has 94 valence electrons. The maximum Gasteiger partial charge on any atom is 0.238 e. The molecule has 0 aliphatic rings. The van der Waals surface area contributed by atoms with Gasteiger partial charge in [0.25, 0.3) is 0 Å². The molecule has 0 unspecified atom stereocenters. The van der Waals surface area contributed by atoms with Crippen LogP contribution in [0.5, 0.6) is 0 Å². The first-order valence-electron chi connectivity index (χ1n) is 5.97. The van der Waals surface area contributed by atoms with Crippen LogP contribution in [-0.4, -0.2) is 25.5 Å². The summed E-state index contributed by atoms with van der Waals surface area (Å²) in [5.41, 5.74) is 8.33. The van der Waals surface area contributed by atoms with Gasteiger partial charge in [-0.2, -0.15) is 0 Å². The van der Waals surface area contributed by atoms with Gasteiger partial charge in [0.05, 0.1) is 6.54 Å². The molecule has 0 spiro atoms. The number of carbonyl (C=O) groups is 1. The summed E-state index contributed by atoms with van der Waals surface area (Å²) >= 11 is 0. The number of nitrogens with one attached hydrogen (secondary N) is 1. The molecule has 4 heteroatoms. The highest BCUT2D eigenvalue weighted by Crippen LogP contribution is 2.22. The fourth-order valence-electron chi connectivity index (χ4n) is 1.77. The second-order valence-electron chi connectivity index (χ2n) is 3.92. The molecule has 0 heterocycles. The van der Waals surface area contributed by atoms with Gasteiger partial charge in [0, 0.05) is 24.5 Å². The number of nitrogens with two attached hydrogens (primary N) is 1. The van der Waals surface area contributed by atoms with E-state index in [4.69, 9.17) is 5.73 Å². The molecule has 1 amide bonds. The molecule has 0 saturated carbocycles. The zero-order valence-electron chi connectivity index (χ0n) is 10.8. The van der Waals surface area contributed by atoms with Gasteiger partial charge in [-0.1, -0.05) is 0 Å². The van der Waals surface area contributed by atoms with E-state index < -0.39 is 0 Å². The third-order valence-electron chi connectivity index (χ3n) is 2.80. The Bertz CT molecular complexity index is 386. The topological polar surface area (TPSA) is 58.4 Å². The molecule has 1 aromatic rings. The minimum atomic E-state index is -0.163. The molecule has 0 saturated heterocycles. The van der Waals surface area contributed by atoms with E-state index in [1.54, 1.807) is 0 Å². The minimum Gasteiger partial charge on any atom is -0.372 e. The monoisotopic (exact) mass is 235 g/mol. The average Bonchev–Trinajstić information content (AvgIpc) is 2.33. The fourth-order valence-corrected chi connectivity index (χ4v) is 1.77. The molecule has 4 nitrogen and oxygen atoms in total. The highest BCUT2D eigenvalue weighted by Gasteiger charge is 2.06. The van der Waals surface area contributed by atoms with Gasteiger partial charge in [0.2, 0.25) is 5.91 Å². The van der Waals surface area contributed by atoms with Crippen LogP contribution in [0.3, 0.4) is 0 Å². The summed E-state index contributed by atoms with van der Waals surface area (Å²) in [6.45, 7) is 8.21. The van der Waals surface area contributed by atoms with E-state index in [1.807, 2.05) is 19.1 Å². The standard InChI is InChI=1S/C13H21N3O/c1-4-16(5-2)11-6-7-12(10(3)8-11)15-13(17)9-14/h6-8H,4-5,9,14H2,1-3H3,(H,15,17). The second-order valence-corrected chi connectivity index (χ2v) is 3.92. The maximum atomic E-state index is 11.2. The first-order valence-corrected chi connectivity index (χ1v) is 5.97. The maximum absolute atomic E-state index is 11.2. The van der Waals surface area contributed by atoms with Crippen LogP contribution >= 0.6 is 0 Å². The number of aryl methyl sites for hydroxylation is 1. The molecule has 17 heavy (non-hydrogen) atoms. The summed E-state index contributed by atoms with van der Waals surface area (Å²) in [6, 6.07) is 6.03. The van der Waals surface area contributed by atoms with Crippen LogP contribution in [0.15, 0.2) is 18.2 Å². The predicted molar refractivity (Wildman–Crippen MR) is 72.4 cm³/mol. The Morgan fingerprint density at radius 3 is 2.47 bits per heavy atom. The number of rotatable bonds is 5. The normalized spacial score (nSPS) is 10.1. The van der Waals surface area contributed by atoms with E-state index in [1.165, 1.54) is 5.69 Å². The largest absolute Gasteiger partial charge is 0.372 e. The van der Waals surface area contributed by atoms with Gasteiger partial charge in [-0.3, -0.25) is 4.79 Å². The molecule has 0 bridgehead atoms. The summed E-state index contributed by atoms with van der Waals surface area (Å²) in [5.74, 6) is -0.163. The van der Waals surface area contributed by atoms with Crippen molar-refractivity contribution < 1.29 is 4.79 Å². The molecule has 1 rings (SSSR count). The zero-order chi connectivity index (χ0) is 12.8. The van der Waals surface area contributed by atoms with E-state index in [2.05, 4.69) is 30.1 Å². The van der Waals surface area contributed by atoms with Crippen molar-refractivity contribution in [2.45, 2.75) is 20.8 Å². The molecule has 0 aliphatic heterocycles. The fraction of sp³-hybridized carbons (Fsp3) is 0.462. The van der Waals surface area contributed by atoms with Crippen molar-refractivity contribution in [2.24, 2.45) is 5.73 Å². The highest BCUT2D eigenvalue weighted by molar-refractivity contribution is 5.93. The van der Waals surface area contributed by atoms with Gasteiger partial charge >= 0.3 is 0 Å². The van der Waals surface area contributed by atoms with Crippen molar-refractivity contribution in [2.75, 3.05) is 29.9 Å². The first kappa shape index (κ1) is 13.5. The van der Waals surface area contributed by atoms with Gasteiger partial charge in [-0.15, -0.1) is 0 Å². The molecule has 0 aliphatic carbocycles. The van der Waals surface area contributed by atoms with E-state index in [0.29, 0.717) is 0 Å². The highest BCUT2D eigenvalue weighted by atomic mass is 16.1. The van der Waals surface area contributed by atoms with Gasteiger partial charge in [0.1, 0.15) is 0 Å². The number of hydrogen-bond acceptors (Lipinski definition) is 3. The van der Waals surface area contributed by atoms with Gasteiger partial charge < -0.3 is 16.0 Å². The predicted octanol–water partition coefficient (Wildman–Crippen LogP) is 1.74. The van der Waals surface area contributed by atoms with Crippen molar-refractivity contribution in [3.63, 3.8) is 0 Å². The molecule has 0 fully saturated rings. The number of benzene rings is 1. The van der Waals surface area contributed by atoms with Crippen molar-refractivity contribution in [1.29, 1.82) is 0 Å². The molecule has 0 atom stereocenters. The number of anilines is 2. The lowest BCUT2D eigenvalue weighted by Gasteiger charge is -2.22. The quantitative estimate of drug-likeness (QED) is 0.817. The molecule has 3 N–H and O–H groups in total. The SMILES string of the molecule is CCN(CC)c1ccc(NC(=O)CN)c(C)c1. The summed E-state index contributed by atoms with van der Waals surface area (Å²) in [4.78, 5) is 13.5. The summed E-state index contributed by atoms with van der Waals surface area (Å²) in [5, 5.41) is 2.78. The lowest BCUT2D eigenvalue weighted by molar-refractivity contribution is -0.114. The van der Waals surface area contributed by atoms with Crippen molar-refractivity contribution in [3.8, 4) is 0 Å². The third kappa shape index (κ3) is 3.46.